The zero-order valence-corrected chi connectivity index (χ0v) is 6.66. The molecule has 0 aliphatic carbocycles. The topological polar surface area (TPSA) is 60.4 Å². The predicted octanol–water partition coefficient (Wildman–Crippen LogP) is -1.09. The molecule has 1 fully saturated rings. The van der Waals surface area contributed by atoms with Gasteiger partial charge < -0.3 is 14.8 Å². The Morgan fingerprint density at radius 2 is 1.75 bits per heavy atom. The highest BCUT2D eigenvalue weighted by molar-refractivity contribution is 5.93. The van der Waals surface area contributed by atoms with Gasteiger partial charge in [0.05, 0.1) is 5.97 Å². The van der Waals surface area contributed by atoms with E-state index in [0.29, 0.717) is 0 Å². The first-order chi connectivity index (χ1) is 5.70. The molecule has 1 aliphatic rings. The summed E-state index contributed by atoms with van der Waals surface area (Å²) in [5, 5.41) is 9.95. The number of likely N-dealkylation sites (tertiary alicyclic amines) is 1. The zero-order chi connectivity index (χ0) is 8.97. The molecule has 0 aromatic carbocycles. The normalized spacial score (nSPS) is 17.2. The van der Waals surface area contributed by atoms with E-state index in [1.807, 2.05) is 0 Å². The smallest absolute Gasteiger partial charge is 0.246 e. The summed E-state index contributed by atoms with van der Waals surface area (Å²) in [5.74, 6) is -1.57. The van der Waals surface area contributed by atoms with Crippen LogP contribution in [0, 0.1) is 0 Å². The van der Waals surface area contributed by atoms with E-state index in [0.717, 1.165) is 38.1 Å². The van der Waals surface area contributed by atoms with Crippen LogP contribution in [0.1, 0.15) is 12.8 Å². The van der Waals surface area contributed by atoms with Gasteiger partial charge in [-0.2, -0.15) is 0 Å². The maximum absolute atomic E-state index is 11.1. The summed E-state index contributed by atoms with van der Waals surface area (Å²) in [6.07, 6.45) is 3.82. The molecule has 0 spiro atoms. The van der Waals surface area contributed by atoms with Gasteiger partial charge in [0.1, 0.15) is 0 Å². The highest BCUT2D eigenvalue weighted by Crippen LogP contribution is 2.07. The average Bonchev–Trinajstić information content (AvgIpc) is 2.51. The lowest BCUT2D eigenvalue weighted by molar-refractivity contribution is -0.297. The number of amides is 1. The van der Waals surface area contributed by atoms with Crippen LogP contribution < -0.4 is 5.11 Å². The molecule has 1 saturated heterocycles. The van der Waals surface area contributed by atoms with Crippen LogP contribution in [0.25, 0.3) is 0 Å². The summed E-state index contributed by atoms with van der Waals surface area (Å²) in [6.45, 7) is 1.46. The van der Waals surface area contributed by atoms with Crippen molar-refractivity contribution < 1.29 is 14.7 Å². The van der Waals surface area contributed by atoms with Crippen LogP contribution in [0.3, 0.4) is 0 Å². The first-order valence-corrected chi connectivity index (χ1v) is 3.88. The van der Waals surface area contributed by atoms with Gasteiger partial charge in [-0.15, -0.1) is 0 Å². The van der Waals surface area contributed by atoms with Crippen molar-refractivity contribution in [3.8, 4) is 0 Å². The van der Waals surface area contributed by atoms with Crippen LogP contribution in [0.4, 0.5) is 0 Å². The van der Waals surface area contributed by atoms with Crippen LogP contribution in [-0.2, 0) is 9.59 Å². The Balaban J connectivity index is 2.42. The van der Waals surface area contributed by atoms with Gasteiger partial charge in [0.2, 0.25) is 5.91 Å². The van der Waals surface area contributed by atoms with Gasteiger partial charge >= 0.3 is 0 Å². The molecule has 1 rings (SSSR count). The second-order valence-corrected chi connectivity index (χ2v) is 2.68. The summed E-state index contributed by atoms with van der Waals surface area (Å²) >= 11 is 0. The number of carbonyl (C=O) groups excluding carboxylic acids is 2. The fourth-order valence-electron chi connectivity index (χ4n) is 1.18. The minimum absolute atomic E-state index is 0.239. The fourth-order valence-corrected chi connectivity index (χ4v) is 1.18. The lowest BCUT2D eigenvalue weighted by Crippen LogP contribution is -2.26. The molecular weight excluding hydrogens is 158 g/mol. The standard InChI is InChI=1S/C8H11NO3/c10-7(3-4-8(11)12)9-5-1-2-6-9/h3-4H,1-2,5-6H2,(H,11,12)/p-1/b4-3-. The largest absolute Gasteiger partial charge is 0.545 e. The van der Waals surface area contributed by atoms with Gasteiger partial charge in [-0.25, -0.2) is 0 Å². The van der Waals surface area contributed by atoms with Gasteiger partial charge in [0, 0.05) is 19.2 Å². The van der Waals surface area contributed by atoms with E-state index in [2.05, 4.69) is 0 Å². The minimum Gasteiger partial charge on any atom is -0.545 e. The molecule has 0 bridgehead atoms. The molecular formula is C8H10NO3-. The molecule has 0 atom stereocenters. The van der Waals surface area contributed by atoms with E-state index >= 15 is 0 Å². The van der Waals surface area contributed by atoms with Gasteiger partial charge in [0.15, 0.2) is 0 Å². The van der Waals surface area contributed by atoms with Gasteiger partial charge in [-0.1, -0.05) is 0 Å². The van der Waals surface area contributed by atoms with Crippen molar-refractivity contribution in [2.24, 2.45) is 0 Å². The molecule has 0 unspecified atom stereocenters. The molecule has 0 saturated carbocycles. The number of carboxylic acids is 1. The Bertz CT molecular complexity index is 216. The lowest BCUT2D eigenvalue weighted by Gasteiger charge is -2.11. The van der Waals surface area contributed by atoms with Crippen molar-refractivity contribution in [2.75, 3.05) is 13.1 Å². The van der Waals surface area contributed by atoms with Gasteiger partial charge in [0.25, 0.3) is 0 Å². The van der Waals surface area contributed by atoms with E-state index in [4.69, 9.17) is 0 Å². The highest BCUT2D eigenvalue weighted by Gasteiger charge is 2.14. The average molecular weight is 168 g/mol. The third-order valence-electron chi connectivity index (χ3n) is 1.78. The lowest BCUT2D eigenvalue weighted by atomic mass is 10.4. The summed E-state index contributed by atoms with van der Waals surface area (Å²) in [5.41, 5.74) is 0. The molecule has 0 N–H and O–H groups in total. The monoisotopic (exact) mass is 168 g/mol. The molecule has 1 amide bonds. The number of aliphatic carboxylic acids is 1. The van der Waals surface area contributed by atoms with Crippen molar-refractivity contribution in [1.82, 2.24) is 4.90 Å². The van der Waals surface area contributed by atoms with E-state index in [-0.39, 0.29) is 5.91 Å². The summed E-state index contributed by atoms with van der Waals surface area (Å²) in [6, 6.07) is 0. The zero-order valence-electron chi connectivity index (χ0n) is 6.66. The molecule has 1 aliphatic heterocycles. The maximum Gasteiger partial charge on any atom is 0.246 e. The number of hydrogen-bond donors (Lipinski definition) is 0. The van der Waals surface area contributed by atoms with Crippen LogP contribution >= 0.6 is 0 Å². The van der Waals surface area contributed by atoms with Crippen molar-refractivity contribution in [3.63, 3.8) is 0 Å². The Morgan fingerprint density at radius 1 is 1.17 bits per heavy atom. The number of hydrogen-bond acceptors (Lipinski definition) is 3. The van der Waals surface area contributed by atoms with Crippen LogP contribution in [0.5, 0.6) is 0 Å². The van der Waals surface area contributed by atoms with Crippen molar-refractivity contribution in [2.45, 2.75) is 12.8 Å². The third-order valence-corrected chi connectivity index (χ3v) is 1.78. The molecule has 12 heavy (non-hydrogen) atoms. The third kappa shape index (κ3) is 2.38. The van der Waals surface area contributed by atoms with E-state index < -0.39 is 5.97 Å². The molecule has 0 aromatic heterocycles. The quantitative estimate of drug-likeness (QED) is 0.492. The maximum atomic E-state index is 11.1. The Kier molecular flexibility index (Phi) is 2.85. The molecule has 4 heteroatoms. The molecule has 4 nitrogen and oxygen atoms in total. The number of nitrogens with zero attached hydrogens (tertiary/aromatic N) is 1. The Hall–Kier alpha value is -1.32. The van der Waals surface area contributed by atoms with E-state index in [1.165, 1.54) is 0 Å². The predicted molar refractivity (Wildman–Crippen MR) is 40.0 cm³/mol. The Morgan fingerprint density at radius 3 is 2.25 bits per heavy atom. The number of carboxylic acid groups (broad SMARTS) is 1. The van der Waals surface area contributed by atoms with Crippen LogP contribution in [0.2, 0.25) is 0 Å². The summed E-state index contributed by atoms with van der Waals surface area (Å²) in [7, 11) is 0. The van der Waals surface area contributed by atoms with E-state index in [1.54, 1.807) is 4.90 Å². The van der Waals surface area contributed by atoms with Crippen molar-refractivity contribution in [3.05, 3.63) is 12.2 Å². The second kappa shape index (κ2) is 3.90. The molecule has 0 aromatic rings. The molecule has 66 valence electrons. The van der Waals surface area contributed by atoms with Crippen LogP contribution in [0.15, 0.2) is 12.2 Å². The van der Waals surface area contributed by atoms with Crippen molar-refractivity contribution in [1.29, 1.82) is 0 Å². The highest BCUT2D eigenvalue weighted by atomic mass is 16.4. The minimum atomic E-state index is -1.33. The summed E-state index contributed by atoms with van der Waals surface area (Å²) in [4.78, 5) is 22.7. The SMILES string of the molecule is O=C([O-])/C=C\C(=O)N1CCCC1. The Labute approximate surface area is 70.5 Å². The summed E-state index contributed by atoms with van der Waals surface area (Å²) < 4.78 is 0. The van der Waals surface area contributed by atoms with Gasteiger partial charge in [-0.3, -0.25) is 4.79 Å². The molecule has 0 radical (unpaired) electrons. The van der Waals surface area contributed by atoms with E-state index in [9.17, 15) is 14.7 Å². The first-order valence-electron chi connectivity index (χ1n) is 3.88. The van der Waals surface area contributed by atoms with Crippen LogP contribution in [-0.4, -0.2) is 29.9 Å². The number of carbonyl (C=O) groups is 2. The first kappa shape index (κ1) is 8.77. The number of rotatable bonds is 2. The second-order valence-electron chi connectivity index (χ2n) is 2.68. The van der Waals surface area contributed by atoms with Crippen molar-refractivity contribution >= 4 is 11.9 Å². The van der Waals surface area contributed by atoms with Gasteiger partial charge in [-0.05, 0) is 18.9 Å². The fraction of sp³-hybridized carbons (Fsp3) is 0.500. The molecule has 1 heterocycles.